The van der Waals surface area contributed by atoms with Gasteiger partial charge in [0.25, 0.3) is 6.23 Å². The van der Waals surface area contributed by atoms with Crippen LogP contribution >= 0.6 is 11.6 Å². The van der Waals surface area contributed by atoms with E-state index in [1.54, 1.807) is 12.1 Å². The molecule has 2 aliphatic rings. The van der Waals surface area contributed by atoms with Gasteiger partial charge in [-0.1, -0.05) is 72.3 Å². The molecule has 0 saturated carbocycles. The molecule has 4 nitrogen and oxygen atoms in total. The van der Waals surface area contributed by atoms with Crippen molar-refractivity contribution in [2.75, 3.05) is 0 Å². The number of hydrazone groups is 1. The monoisotopic (exact) mass is 388 g/mol. The molecule has 2 atom stereocenters. The molecule has 3 aromatic rings. The topological polar surface area (TPSA) is 41.9 Å². The van der Waals surface area contributed by atoms with E-state index in [1.165, 1.54) is 0 Å². The SMILES string of the molecule is O=C(c1ccccc1)[C@@H]1Oc2ccccc2[C@@H]2CC(c3ccc(Cl)cc3)=NN12. The van der Waals surface area contributed by atoms with Crippen LogP contribution in [-0.2, 0) is 0 Å². The largest absolute Gasteiger partial charge is 0.461 e. The van der Waals surface area contributed by atoms with Crippen molar-refractivity contribution in [2.45, 2.75) is 18.7 Å². The van der Waals surface area contributed by atoms with Crippen LogP contribution in [0.1, 0.15) is 33.9 Å². The number of ether oxygens (including phenoxy) is 1. The number of benzene rings is 3. The van der Waals surface area contributed by atoms with Gasteiger partial charge in [-0.2, -0.15) is 5.10 Å². The van der Waals surface area contributed by atoms with Crippen molar-refractivity contribution in [3.63, 3.8) is 0 Å². The van der Waals surface area contributed by atoms with Crippen LogP contribution in [0.5, 0.6) is 5.75 Å². The van der Waals surface area contributed by atoms with Gasteiger partial charge in [0.05, 0.1) is 11.8 Å². The minimum atomic E-state index is -0.785. The number of nitrogens with zero attached hydrogens (tertiary/aromatic N) is 2. The maximum atomic E-state index is 13.2. The summed E-state index contributed by atoms with van der Waals surface area (Å²) in [5.41, 5.74) is 3.59. The molecule has 2 aliphatic heterocycles. The third-order valence-corrected chi connectivity index (χ3v) is 5.41. The molecule has 0 radical (unpaired) electrons. The zero-order valence-corrected chi connectivity index (χ0v) is 15.7. The molecule has 138 valence electrons. The van der Waals surface area contributed by atoms with Crippen LogP contribution in [-0.4, -0.2) is 22.7 Å². The fraction of sp³-hybridized carbons (Fsp3) is 0.130. The standard InChI is InChI=1S/C23H17ClN2O2/c24-17-12-10-15(11-13-17)19-14-20-18-8-4-5-9-21(18)28-23(26(20)25-19)22(27)16-6-2-1-3-7-16/h1-13,20,23H,14H2/t20-,23-/m0/s1. The number of carbonyl (C=O) groups is 1. The zero-order valence-electron chi connectivity index (χ0n) is 15.0. The van der Waals surface area contributed by atoms with Crippen LogP contribution in [0.25, 0.3) is 0 Å². The summed E-state index contributed by atoms with van der Waals surface area (Å²) in [6.07, 6.45) is -0.0762. The highest BCUT2D eigenvalue weighted by Crippen LogP contribution is 2.43. The third kappa shape index (κ3) is 2.86. The number of carbonyl (C=O) groups excluding carboxylic acids is 1. The average molecular weight is 389 g/mol. The number of ketones is 1. The van der Waals surface area contributed by atoms with Crippen LogP contribution in [0.4, 0.5) is 0 Å². The second kappa shape index (κ2) is 6.80. The van der Waals surface area contributed by atoms with Gasteiger partial charge in [-0.05, 0) is 23.8 Å². The Morgan fingerprint density at radius 3 is 2.46 bits per heavy atom. The third-order valence-electron chi connectivity index (χ3n) is 5.16. The Labute approximate surface area is 168 Å². The molecule has 2 heterocycles. The molecule has 0 saturated heterocycles. The Morgan fingerprint density at radius 1 is 0.964 bits per heavy atom. The van der Waals surface area contributed by atoms with Crippen molar-refractivity contribution >= 4 is 23.1 Å². The van der Waals surface area contributed by atoms with Crippen molar-refractivity contribution in [3.05, 3.63) is 101 Å². The van der Waals surface area contributed by atoms with Crippen molar-refractivity contribution in [2.24, 2.45) is 5.10 Å². The molecule has 0 fully saturated rings. The summed E-state index contributed by atoms with van der Waals surface area (Å²) in [6, 6.07) is 24.7. The quantitative estimate of drug-likeness (QED) is 0.587. The molecule has 0 bridgehead atoms. The lowest BCUT2D eigenvalue weighted by molar-refractivity contribution is -0.00455. The summed E-state index contributed by atoms with van der Waals surface area (Å²) in [5.74, 6) is 0.645. The lowest BCUT2D eigenvalue weighted by Crippen LogP contribution is -2.45. The van der Waals surface area contributed by atoms with Crippen LogP contribution < -0.4 is 4.74 Å². The maximum Gasteiger partial charge on any atom is 0.251 e. The second-order valence-corrected chi connectivity index (χ2v) is 7.33. The van der Waals surface area contributed by atoms with Crippen LogP contribution in [0, 0.1) is 0 Å². The molecule has 0 amide bonds. The Balaban J connectivity index is 1.56. The van der Waals surface area contributed by atoms with E-state index >= 15 is 0 Å². The van der Waals surface area contributed by atoms with Crippen molar-refractivity contribution in [1.82, 2.24) is 5.01 Å². The minimum absolute atomic E-state index is 0.0340. The Bertz CT molecular complexity index is 1060. The van der Waals surface area contributed by atoms with Gasteiger partial charge < -0.3 is 4.74 Å². The van der Waals surface area contributed by atoms with Gasteiger partial charge in [0.15, 0.2) is 0 Å². The van der Waals surface area contributed by atoms with Crippen molar-refractivity contribution in [1.29, 1.82) is 0 Å². The van der Waals surface area contributed by atoms with E-state index in [4.69, 9.17) is 21.4 Å². The van der Waals surface area contributed by atoms with Gasteiger partial charge in [-0.25, -0.2) is 5.01 Å². The van der Waals surface area contributed by atoms with Gasteiger partial charge in [0.1, 0.15) is 5.75 Å². The number of halogens is 1. The van der Waals surface area contributed by atoms with Gasteiger partial charge in [-0.15, -0.1) is 0 Å². The molecule has 0 aromatic heterocycles. The normalized spacial score (nSPS) is 20.0. The fourth-order valence-electron chi connectivity index (χ4n) is 3.77. The number of Topliss-reactive ketones (excluding diaryl/α,β-unsaturated/α-hetero) is 1. The first-order valence-corrected chi connectivity index (χ1v) is 9.55. The minimum Gasteiger partial charge on any atom is -0.461 e. The predicted octanol–water partition coefficient (Wildman–Crippen LogP) is 5.09. The molecule has 5 rings (SSSR count). The van der Waals surface area contributed by atoms with E-state index in [1.807, 2.05) is 71.7 Å². The number of hydrogen-bond acceptors (Lipinski definition) is 4. The van der Waals surface area contributed by atoms with E-state index in [0.717, 1.165) is 22.6 Å². The lowest BCUT2D eigenvalue weighted by atomic mass is 9.96. The number of fused-ring (bicyclic) bond motifs is 3. The second-order valence-electron chi connectivity index (χ2n) is 6.89. The predicted molar refractivity (Wildman–Crippen MR) is 109 cm³/mol. The highest BCUT2D eigenvalue weighted by atomic mass is 35.5. The van der Waals surface area contributed by atoms with Crippen molar-refractivity contribution < 1.29 is 9.53 Å². The van der Waals surface area contributed by atoms with E-state index in [9.17, 15) is 4.79 Å². The van der Waals surface area contributed by atoms with Gasteiger partial charge in [0, 0.05) is 22.6 Å². The average Bonchev–Trinajstić information content (AvgIpc) is 3.19. The van der Waals surface area contributed by atoms with Crippen LogP contribution in [0.15, 0.2) is 84.0 Å². The highest BCUT2D eigenvalue weighted by molar-refractivity contribution is 6.30. The molecule has 28 heavy (non-hydrogen) atoms. The first-order chi connectivity index (χ1) is 13.7. The molecule has 0 spiro atoms. The summed E-state index contributed by atoms with van der Waals surface area (Å²) < 4.78 is 6.11. The summed E-state index contributed by atoms with van der Waals surface area (Å²) in [4.78, 5) is 13.2. The summed E-state index contributed by atoms with van der Waals surface area (Å²) in [7, 11) is 0. The number of para-hydroxylation sites is 1. The van der Waals surface area contributed by atoms with Crippen LogP contribution in [0.2, 0.25) is 5.02 Å². The molecular weight excluding hydrogens is 372 g/mol. The molecule has 0 N–H and O–H groups in total. The Morgan fingerprint density at radius 2 is 1.68 bits per heavy atom. The smallest absolute Gasteiger partial charge is 0.251 e. The molecule has 5 heteroatoms. The molecule has 0 unspecified atom stereocenters. The Hall–Kier alpha value is -3.11. The van der Waals surface area contributed by atoms with Gasteiger partial charge in [-0.3, -0.25) is 4.79 Å². The van der Waals surface area contributed by atoms with E-state index in [0.29, 0.717) is 17.0 Å². The van der Waals surface area contributed by atoms with Crippen molar-refractivity contribution in [3.8, 4) is 5.75 Å². The molecule has 3 aromatic carbocycles. The summed E-state index contributed by atoms with van der Waals surface area (Å²) in [5, 5.41) is 7.29. The summed E-state index contributed by atoms with van der Waals surface area (Å²) >= 11 is 6.02. The number of hydrogen-bond donors (Lipinski definition) is 0. The van der Waals surface area contributed by atoms with Gasteiger partial charge >= 0.3 is 0 Å². The number of rotatable bonds is 3. The lowest BCUT2D eigenvalue weighted by Gasteiger charge is -2.37. The van der Waals surface area contributed by atoms with Gasteiger partial charge in [0.2, 0.25) is 5.78 Å². The molecule has 0 aliphatic carbocycles. The zero-order chi connectivity index (χ0) is 19.1. The first kappa shape index (κ1) is 17.0. The maximum absolute atomic E-state index is 13.2. The van der Waals surface area contributed by atoms with E-state index in [2.05, 4.69) is 0 Å². The molecular formula is C23H17ClN2O2. The van der Waals surface area contributed by atoms with E-state index < -0.39 is 6.23 Å². The highest BCUT2D eigenvalue weighted by Gasteiger charge is 2.43. The first-order valence-electron chi connectivity index (χ1n) is 9.17. The van der Waals surface area contributed by atoms with Crippen LogP contribution in [0.3, 0.4) is 0 Å². The fourth-order valence-corrected chi connectivity index (χ4v) is 3.89. The summed E-state index contributed by atoms with van der Waals surface area (Å²) in [6.45, 7) is 0. The van der Waals surface area contributed by atoms with E-state index in [-0.39, 0.29) is 11.8 Å². The Kier molecular flexibility index (Phi) is 4.14.